The molecule has 0 saturated carbocycles. The molecule has 4 aromatic rings. The molecule has 1 fully saturated rings. The molecule has 2 atom stereocenters. The number of nitrogens with one attached hydrogen (secondary N) is 2. The Hall–Kier alpha value is -3.81. The van der Waals surface area contributed by atoms with E-state index in [0.29, 0.717) is 28.2 Å². The summed E-state index contributed by atoms with van der Waals surface area (Å²) < 4.78 is 65.8. The van der Waals surface area contributed by atoms with Crippen LogP contribution in [0.4, 0.5) is 19.0 Å². The van der Waals surface area contributed by atoms with Gasteiger partial charge >= 0.3 is 6.18 Å². The second-order valence-corrected chi connectivity index (χ2v) is 10.8. The number of H-pyrrole nitrogens is 1. The summed E-state index contributed by atoms with van der Waals surface area (Å²) in [5, 5.41) is 14.1. The van der Waals surface area contributed by atoms with Crippen LogP contribution in [0.1, 0.15) is 12.0 Å². The van der Waals surface area contributed by atoms with Gasteiger partial charge in [-0.15, -0.1) is 0 Å². The maximum absolute atomic E-state index is 13.2. The van der Waals surface area contributed by atoms with E-state index in [2.05, 4.69) is 20.3 Å². The van der Waals surface area contributed by atoms with Gasteiger partial charge in [-0.25, -0.2) is 18.4 Å². The van der Waals surface area contributed by atoms with Gasteiger partial charge in [0.15, 0.2) is 0 Å². The number of hydrogen-bond acceptors (Lipinski definition) is 7. The van der Waals surface area contributed by atoms with Crippen LogP contribution < -0.4 is 10.9 Å². The molecule has 3 N–H and O–H groups in total. The first-order valence-electron chi connectivity index (χ1n) is 11.6. The van der Waals surface area contributed by atoms with Crippen molar-refractivity contribution in [1.29, 1.82) is 0 Å². The molecule has 0 aliphatic carbocycles. The first-order chi connectivity index (χ1) is 18.0. The predicted octanol–water partition coefficient (Wildman–Crippen LogP) is 3.24. The maximum Gasteiger partial charge on any atom is 0.417 e. The Morgan fingerprint density at radius 3 is 2.45 bits per heavy atom. The lowest BCUT2D eigenvalue weighted by Crippen LogP contribution is -2.51. The SMILES string of the molecule is O=c1[nH]ccc2cc(-c3ccc(S(=O)(=O)N4CC[C@@H](Nc5ccc(C(F)(F)F)cn5)[C@@H](O)C4)cc3)cnc12. The number of halogens is 3. The Balaban J connectivity index is 1.27. The molecule has 38 heavy (non-hydrogen) atoms. The third-order valence-corrected chi connectivity index (χ3v) is 8.28. The molecule has 9 nitrogen and oxygen atoms in total. The summed E-state index contributed by atoms with van der Waals surface area (Å²) in [7, 11) is -3.91. The molecular formula is C25H22F3N5O4S. The van der Waals surface area contributed by atoms with Crippen LogP contribution in [0.15, 0.2) is 76.8 Å². The minimum absolute atomic E-state index is 0.0504. The maximum atomic E-state index is 13.2. The molecule has 0 bridgehead atoms. The zero-order chi connectivity index (χ0) is 27.1. The minimum atomic E-state index is -4.50. The van der Waals surface area contributed by atoms with E-state index in [1.807, 2.05) is 0 Å². The summed E-state index contributed by atoms with van der Waals surface area (Å²) >= 11 is 0. The highest BCUT2D eigenvalue weighted by Gasteiger charge is 2.35. The molecule has 5 rings (SSSR count). The molecule has 0 radical (unpaired) electrons. The quantitative estimate of drug-likeness (QED) is 0.351. The molecule has 1 aliphatic rings. The Bertz CT molecular complexity index is 1620. The fourth-order valence-corrected chi connectivity index (χ4v) is 5.80. The summed E-state index contributed by atoms with van der Waals surface area (Å²) in [6.07, 6.45) is -1.61. The minimum Gasteiger partial charge on any atom is -0.390 e. The van der Waals surface area contributed by atoms with Crippen LogP contribution in [0.3, 0.4) is 0 Å². The van der Waals surface area contributed by atoms with E-state index < -0.39 is 33.9 Å². The lowest BCUT2D eigenvalue weighted by molar-refractivity contribution is -0.137. The third-order valence-electron chi connectivity index (χ3n) is 6.40. The summed E-state index contributed by atoms with van der Waals surface area (Å²) in [4.78, 5) is 22.4. The number of hydrogen-bond donors (Lipinski definition) is 3. The van der Waals surface area contributed by atoms with Crippen LogP contribution >= 0.6 is 0 Å². The van der Waals surface area contributed by atoms with Crippen LogP contribution in [0, 0.1) is 0 Å². The van der Waals surface area contributed by atoms with Gasteiger partial charge in [-0.05, 0) is 48.4 Å². The van der Waals surface area contributed by atoms with E-state index in [4.69, 9.17) is 0 Å². The van der Waals surface area contributed by atoms with Crippen molar-refractivity contribution < 1.29 is 26.7 Å². The van der Waals surface area contributed by atoms with E-state index in [0.717, 1.165) is 6.07 Å². The van der Waals surface area contributed by atoms with Crippen LogP contribution in [-0.4, -0.2) is 58.0 Å². The lowest BCUT2D eigenvalue weighted by atomic mass is 10.0. The molecule has 198 valence electrons. The monoisotopic (exact) mass is 545 g/mol. The van der Waals surface area contributed by atoms with Gasteiger partial charge in [0.05, 0.1) is 22.6 Å². The van der Waals surface area contributed by atoms with Gasteiger partial charge in [0.25, 0.3) is 5.56 Å². The second-order valence-electron chi connectivity index (χ2n) is 8.89. The summed E-state index contributed by atoms with van der Waals surface area (Å²) in [6.45, 7) is -0.0892. The van der Waals surface area contributed by atoms with Crippen LogP contribution in [0.25, 0.3) is 22.0 Å². The predicted molar refractivity (Wildman–Crippen MR) is 134 cm³/mol. The zero-order valence-electron chi connectivity index (χ0n) is 19.7. The van der Waals surface area contributed by atoms with Crippen molar-refractivity contribution in [2.75, 3.05) is 18.4 Å². The fourth-order valence-electron chi connectivity index (χ4n) is 4.33. The van der Waals surface area contributed by atoms with E-state index in [1.165, 1.54) is 28.7 Å². The highest BCUT2D eigenvalue weighted by Crippen LogP contribution is 2.30. The molecule has 1 aliphatic heterocycles. The molecule has 3 aromatic heterocycles. The number of sulfonamides is 1. The molecule has 4 heterocycles. The van der Waals surface area contributed by atoms with E-state index in [9.17, 15) is 31.5 Å². The lowest BCUT2D eigenvalue weighted by Gasteiger charge is -2.35. The van der Waals surface area contributed by atoms with Crippen molar-refractivity contribution >= 4 is 26.7 Å². The van der Waals surface area contributed by atoms with E-state index in [1.54, 1.807) is 30.5 Å². The van der Waals surface area contributed by atoms with Crippen LogP contribution in [-0.2, 0) is 16.2 Å². The number of rotatable bonds is 5. The molecule has 13 heteroatoms. The van der Waals surface area contributed by atoms with Crippen LogP contribution in [0.5, 0.6) is 0 Å². The van der Waals surface area contributed by atoms with Crippen molar-refractivity contribution in [1.82, 2.24) is 19.3 Å². The van der Waals surface area contributed by atoms with Crippen molar-refractivity contribution in [3.63, 3.8) is 0 Å². The molecule has 0 unspecified atom stereocenters. The van der Waals surface area contributed by atoms with Crippen molar-refractivity contribution in [3.05, 3.63) is 83.0 Å². The number of β-amino-alcohol motifs (C(OH)–C–C–N with tert-alkyl or cyclic N) is 1. The Morgan fingerprint density at radius 1 is 1.03 bits per heavy atom. The molecule has 0 amide bonds. The number of piperidine rings is 1. The van der Waals surface area contributed by atoms with Gasteiger partial charge in [-0.3, -0.25) is 4.79 Å². The number of nitrogens with zero attached hydrogens (tertiary/aromatic N) is 3. The molecule has 1 saturated heterocycles. The number of aromatic nitrogens is 3. The highest BCUT2D eigenvalue weighted by molar-refractivity contribution is 7.89. The summed E-state index contributed by atoms with van der Waals surface area (Å²) in [5.74, 6) is 0.154. The summed E-state index contributed by atoms with van der Waals surface area (Å²) in [6, 6.07) is 11.2. The number of anilines is 1. The average Bonchev–Trinajstić information content (AvgIpc) is 2.89. The Kier molecular flexibility index (Phi) is 6.67. The van der Waals surface area contributed by atoms with Gasteiger partial charge in [-0.1, -0.05) is 12.1 Å². The fraction of sp³-hybridized carbons (Fsp3) is 0.240. The summed E-state index contributed by atoms with van der Waals surface area (Å²) in [5.41, 5.74) is 0.549. The number of benzene rings is 1. The second kappa shape index (κ2) is 9.82. The molecule has 0 spiro atoms. The zero-order valence-corrected chi connectivity index (χ0v) is 20.5. The number of aromatic amines is 1. The largest absolute Gasteiger partial charge is 0.417 e. The average molecular weight is 546 g/mol. The number of aliphatic hydroxyl groups is 1. The number of pyridine rings is 3. The smallest absolute Gasteiger partial charge is 0.390 e. The number of alkyl halides is 3. The van der Waals surface area contributed by atoms with Crippen molar-refractivity contribution in [2.24, 2.45) is 0 Å². The van der Waals surface area contributed by atoms with E-state index >= 15 is 0 Å². The number of aliphatic hydroxyl groups excluding tert-OH is 1. The van der Waals surface area contributed by atoms with Crippen molar-refractivity contribution in [3.8, 4) is 11.1 Å². The first kappa shape index (κ1) is 25.8. The molecule has 1 aromatic carbocycles. The standard InChI is InChI=1S/C25H22F3N5O4S/c26-25(27,28)18-3-6-22(30-13-18)32-20-8-10-33(14-21(20)34)38(36,37)19-4-1-15(2-5-19)17-11-16-7-9-29-24(35)23(16)31-12-17/h1-7,9,11-13,20-21,34H,8,10,14H2,(H,29,35)(H,30,32)/t20-,21+/m1/s1. The Morgan fingerprint density at radius 2 is 1.79 bits per heavy atom. The third kappa shape index (κ3) is 5.12. The van der Waals surface area contributed by atoms with Gasteiger partial charge in [0.2, 0.25) is 10.0 Å². The van der Waals surface area contributed by atoms with Gasteiger partial charge in [-0.2, -0.15) is 17.5 Å². The van der Waals surface area contributed by atoms with Gasteiger partial charge in [0.1, 0.15) is 11.3 Å². The normalized spacial score (nSPS) is 18.9. The Labute approximate surface area is 215 Å². The van der Waals surface area contributed by atoms with Crippen LogP contribution in [0.2, 0.25) is 0 Å². The van der Waals surface area contributed by atoms with Gasteiger partial charge in [0, 0.05) is 42.6 Å². The van der Waals surface area contributed by atoms with Crippen molar-refractivity contribution in [2.45, 2.75) is 29.6 Å². The highest BCUT2D eigenvalue weighted by atomic mass is 32.2. The molecular weight excluding hydrogens is 523 g/mol. The number of fused-ring (bicyclic) bond motifs is 1. The first-order valence-corrected chi connectivity index (χ1v) is 13.0. The van der Waals surface area contributed by atoms with E-state index in [-0.39, 0.29) is 35.8 Å². The van der Waals surface area contributed by atoms with Gasteiger partial charge < -0.3 is 15.4 Å². The topological polar surface area (TPSA) is 128 Å².